The number of rotatable bonds is 5. The van der Waals surface area contributed by atoms with E-state index in [1.54, 1.807) is 6.20 Å². The molecule has 0 radical (unpaired) electrons. The highest BCUT2D eigenvalue weighted by Gasteiger charge is 2.04. The Bertz CT molecular complexity index is 427. The lowest BCUT2D eigenvalue weighted by molar-refractivity contribution is 0.603. The third-order valence-corrected chi connectivity index (χ3v) is 4.14. The molecule has 0 fully saturated rings. The average molecular weight is 260 g/mol. The predicted molar refractivity (Wildman–Crippen MR) is 67.3 cm³/mol. The van der Waals surface area contributed by atoms with Gasteiger partial charge in [-0.05, 0) is 19.1 Å². The summed E-state index contributed by atoms with van der Waals surface area (Å²) >= 11 is 1.49. The van der Waals surface area contributed by atoms with E-state index < -0.39 is 9.84 Å². The van der Waals surface area contributed by atoms with Crippen molar-refractivity contribution in [3.05, 3.63) is 24.0 Å². The molecule has 0 amide bonds. The van der Waals surface area contributed by atoms with Crippen molar-refractivity contribution < 1.29 is 8.42 Å². The molecule has 6 heteroatoms. The largest absolute Gasteiger partial charge is 0.323 e. The SMILES string of the molecule is C[C@@H](N)c1ccc(SCCS(C)(=O)=O)cn1. The van der Waals surface area contributed by atoms with E-state index >= 15 is 0 Å². The Morgan fingerprint density at radius 3 is 2.62 bits per heavy atom. The van der Waals surface area contributed by atoms with Gasteiger partial charge in [0.1, 0.15) is 9.84 Å². The number of pyridine rings is 1. The van der Waals surface area contributed by atoms with Gasteiger partial charge in [-0.2, -0.15) is 0 Å². The number of thioether (sulfide) groups is 1. The Morgan fingerprint density at radius 2 is 2.19 bits per heavy atom. The lowest BCUT2D eigenvalue weighted by Gasteiger charge is -2.05. The summed E-state index contributed by atoms with van der Waals surface area (Å²) in [6.45, 7) is 1.87. The summed E-state index contributed by atoms with van der Waals surface area (Å²) in [6.07, 6.45) is 2.97. The van der Waals surface area contributed by atoms with Crippen LogP contribution in [-0.4, -0.2) is 31.2 Å². The molecule has 2 N–H and O–H groups in total. The molecule has 0 saturated carbocycles. The van der Waals surface area contributed by atoms with E-state index in [2.05, 4.69) is 4.98 Å². The molecule has 1 aromatic heterocycles. The minimum absolute atomic E-state index is 0.0740. The first-order valence-electron chi connectivity index (χ1n) is 4.90. The topological polar surface area (TPSA) is 73.1 Å². The van der Waals surface area contributed by atoms with Crippen molar-refractivity contribution >= 4 is 21.6 Å². The van der Waals surface area contributed by atoms with Crippen LogP contribution in [0.1, 0.15) is 18.7 Å². The van der Waals surface area contributed by atoms with Crippen LogP contribution in [-0.2, 0) is 9.84 Å². The smallest absolute Gasteiger partial charge is 0.148 e. The maximum atomic E-state index is 10.9. The van der Waals surface area contributed by atoms with Crippen molar-refractivity contribution in [2.24, 2.45) is 5.73 Å². The quantitative estimate of drug-likeness (QED) is 0.806. The van der Waals surface area contributed by atoms with Gasteiger partial charge in [0.2, 0.25) is 0 Å². The van der Waals surface area contributed by atoms with Gasteiger partial charge >= 0.3 is 0 Å². The Kier molecular flexibility index (Phi) is 4.76. The summed E-state index contributed by atoms with van der Waals surface area (Å²) in [7, 11) is -2.88. The molecule has 0 unspecified atom stereocenters. The molecule has 0 spiro atoms. The lowest BCUT2D eigenvalue weighted by atomic mass is 10.2. The molecule has 1 heterocycles. The van der Waals surface area contributed by atoms with Crippen LogP contribution >= 0.6 is 11.8 Å². The molecule has 16 heavy (non-hydrogen) atoms. The monoisotopic (exact) mass is 260 g/mol. The molecule has 0 aliphatic carbocycles. The van der Waals surface area contributed by atoms with E-state index in [4.69, 9.17) is 5.73 Å². The van der Waals surface area contributed by atoms with E-state index in [1.807, 2.05) is 19.1 Å². The Hall–Kier alpha value is -0.590. The highest BCUT2D eigenvalue weighted by Crippen LogP contribution is 2.18. The second kappa shape index (κ2) is 5.65. The molecule has 0 bridgehead atoms. The fourth-order valence-electron chi connectivity index (χ4n) is 1.06. The fraction of sp³-hybridized carbons (Fsp3) is 0.500. The summed E-state index contributed by atoms with van der Waals surface area (Å²) < 4.78 is 21.8. The van der Waals surface area contributed by atoms with Crippen molar-refractivity contribution in [1.29, 1.82) is 0 Å². The summed E-state index contributed by atoms with van der Waals surface area (Å²) in [6, 6.07) is 3.71. The third-order valence-electron chi connectivity index (χ3n) is 1.95. The summed E-state index contributed by atoms with van der Waals surface area (Å²) in [5, 5.41) is 0. The molecule has 0 aliphatic heterocycles. The zero-order valence-corrected chi connectivity index (χ0v) is 11.0. The second-order valence-corrected chi connectivity index (χ2v) is 7.11. The number of nitrogens with two attached hydrogens (primary N) is 1. The zero-order chi connectivity index (χ0) is 12.2. The Labute approximate surface area is 101 Å². The van der Waals surface area contributed by atoms with E-state index in [9.17, 15) is 8.42 Å². The summed E-state index contributed by atoms with van der Waals surface area (Å²) in [5.74, 6) is 0.741. The van der Waals surface area contributed by atoms with Gasteiger partial charge in [0.25, 0.3) is 0 Å². The van der Waals surface area contributed by atoms with Gasteiger partial charge in [-0.3, -0.25) is 4.98 Å². The van der Waals surface area contributed by atoms with Crippen molar-refractivity contribution in [1.82, 2.24) is 4.98 Å². The molecule has 90 valence electrons. The molecule has 0 aromatic carbocycles. The van der Waals surface area contributed by atoms with E-state index in [1.165, 1.54) is 18.0 Å². The number of hydrogen-bond acceptors (Lipinski definition) is 5. The molecular formula is C10H16N2O2S2. The number of aromatic nitrogens is 1. The molecule has 1 aromatic rings. The molecular weight excluding hydrogens is 244 g/mol. The van der Waals surface area contributed by atoms with Crippen LogP contribution in [0.3, 0.4) is 0 Å². The minimum Gasteiger partial charge on any atom is -0.323 e. The third kappa shape index (κ3) is 4.96. The van der Waals surface area contributed by atoms with E-state index in [0.29, 0.717) is 5.75 Å². The van der Waals surface area contributed by atoms with Crippen LogP contribution in [0.25, 0.3) is 0 Å². The Balaban J connectivity index is 2.50. The first kappa shape index (κ1) is 13.5. The predicted octanol–water partition coefficient (Wildman–Crippen LogP) is 1.24. The molecule has 4 nitrogen and oxygen atoms in total. The van der Waals surface area contributed by atoms with Crippen LogP contribution in [0.4, 0.5) is 0 Å². The number of hydrogen-bond donors (Lipinski definition) is 1. The summed E-state index contributed by atoms with van der Waals surface area (Å²) in [5.41, 5.74) is 6.51. The van der Waals surface area contributed by atoms with Crippen molar-refractivity contribution in [3.63, 3.8) is 0 Å². The van der Waals surface area contributed by atoms with Gasteiger partial charge < -0.3 is 5.73 Å². The van der Waals surface area contributed by atoms with Crippen molar-refractivity contribution in [2.75, 3.05) is 17.8 Å². The van der Waals surface area contributed by atoms with Gasteiger partial charge in [0.05, 0.1) is 11.4 Å². The maximum Gasteiger partial charge on any atom is 0.148 e. The highest BCUT2D eigenvalue weighted by molar-refractivity contribution is 8.00. The second-order valence-electron chi connectivity index (χ2n) is 3.69. The standard InChI is InChI=1S/C10H16N2O2S2/c1-8(11)10-4-3-9(7-12-10)15-5-6-16(2,13)14/h3-4,7-8H,5-6,11H2,1-2H3/t8-/m1/s1. The highest BCUT2D eigenvalue weighted by atomic mass is 32.2. The van der Waals surface area contributed by atoms with Crippen LogP contribution in [0.5, 0.6) is 0 Å². The molecule has 0 saturated heterocycles. The summed E-state index contributed by atoms with van der Waals surface area (Å²) in [4.78, 5) is 5.16. The molecule has 1 atom stereocenters. The maximum absolute atomic E-state index is 10.9. The van der Waals surface area contributed by atoms with Crippen molar-refractivity contribution in [3.8, 4) is 0 Å². The molecule has 1 rings (SSSR count). The van der Waals surface area contributed by atoms with Gasteiger partial charge in [-0.1, -0.05) is 0 Å². The lowest BCUT2D eigenvalue weighted by Crippen LogP contribution is -2.07. The average Bonchev–Trinajstić information content (AvgIpc) is 2.16. The van der Waals surface area contributed by atoms with Gasteiger partial charge in [-0.15, -0.1) is 11.8 Å². The number of sulfone groups is 1. The normalized spacial score (nSPS) is 13.7. The fourth-order valence-corrected chi connectivity index (χ4v) is 3.13. The van der Waals surface area contributed by atoms with Crippen LogP contribution in [0.15, 0.2) is 23.2 Å². The van der Waals surface area contributed by atoms with Crippen LogP contribution in [0.2, 0.25) is 0 Å². The molecule has 0 aliphatic rings. The first-order chi connectivity index (χ1) is 7.38. The number of nitrogens with zero attached hydrogens (tertiary/aromatic N) is 1. The zero-order valence-electron chi connectivity index (χ0n) is 9.38. The van der Waals surface area contributed by atoms with Gasteiger partial charge in [-0.25, -0.2) is 8.42 Å². The minimum atomic E-state index is -2.88. The van der Waals surface area contributed by atoms with E-state index in [-0.39, 0.29) is 11.8 Å². The van der Waals surface area contributed by atoms with E-state index in [0.717, 1.165) is 10.6 Å². The first-order valence-corrected chi connectivity index (χ1v) is 7.95. The van der Waals surface area contributed by atoms with Crippen molar-refractivity contribution in [2.45, 2.75) is 17.9 Å². The van der Waals surface area contributed by atoms with Gasteiger partial charge in [0.15, 0.2) is 0 Å². The Morgan fingerprint density at radius 1 is 1.50 bits per heavy atom. The van der Waals surface area contributed by atoms with Crippen LogP contribution in [0, 0.1) is 0 Å². The van der Waals surface area contributed by atoms with Gasteiger partial charge in [0, 0.05) is 29.1 Å². The van der Waals surface area contributed by atoms with Crippen LogP contribution < -0.4 is 5.73 Å².